The van der Waals surface area contributed by atoms with E-state index in [9.17, 15) is 4.79 Å². The van der Waals surface area contributed by atoms with Crippen LogP contribution in [0.1, 0.15) is 44.6 Å². The van der Waals surface area contributed by atoms with Crippen LogP contribution in [0.25, 0.3) is 28.1 Å². The second-order valence-electron chi connectivity index (χ2n) is 8.69. The van der Waals surface area contributed by atoms with Gasteiger partial charge in [0.1, 0.15) is 5.60 Å². The molecular weight excluding hydrogens is 455 g/mol. The van der Waals surface area contributed by atoms with Crippen molar-refractivity contribution in [3.63, 3.8) is 0 Å². The molecule has 1 amide bonds. The van der Waals surface area contributed by atoms with Gasteiger partial charge in [0.2, 0.25) is 11.8 Å². The number of fused-ring (bicyclic) bond motifs is 1. The molecule has 0 bridgehead atoms. The van der Waals surface area contributed by atoms with Crippen LogP contribution in [0.5, 0.6) is 5.88 Å². The Hall–Kier alpha value is -2.82. The van der Waals surface area contributed by atoms with E-state index in [4.69, 9.17) is 32.9 Å². The van der Waals surface area contributed by atoms with Crippen LogP contribution >= 0.6 is 23.2 Å². The van der Waals surface area contributed by atoms with E-state index in [-0.39, 0.29) is 5.91 Å². The molecular formula is C27H24Cl2N2O2. The Labute approximate surface area is 203 Å². The summed E-state index contributed by atoms with van der Waals surface area (Å²) in [4.78, 5) is 17.1. The Kier molecular flexibility index (Phi) is 5.90. The fourth-order valence-electron chi connectivity index (χ4n) is 4.73. The van der Waals surface area contributed by atoms with Crippen molar-refractivity contribution in [2.75, 3.05) is 0 Å². The summed E-state index contributed by atoms with van der Waals surface area (Å²) in [5.41, 5.74) is 4.46. The number of ether oxygens (including phenoxy) is 1. The molecule has 1 aliphatic heterocycles. The molecule has 1 spiro atoms. The lowest BCUT2D eigenvalue weighted by molar-refractivity contribution is -0.117. The zero-order valence-electron chi connectivity index (χ0n) is 18.3. The number of hydrogen-bond acceptors (Lipinski definition) is 3. The summed E-state index contributed by atoms with van der Waals surface area (Å²) in [5.74, 6) is 0.402. The van der Waals surface area contributed by atoms with Crippen LogP contribution in [-0.4, -0.2) is 16.5 Å². The first-order chi connectivity index (χ1) is 15.9. The highest BCUT2D eigenvalue weighted by Crippen LogP contribution is 2.45. The van der Waals surface area contributed by atoms with Gasteiger partial charge in [-0.2, -0.15) is 0 Å². The van der Waals surface area contributed by atoms with E-state index in [1.807, 2.05) is 54.6 Å². The zero-order valence-corrected chi connectivity index (χ0v) is 19.8. The minimum absolute atomic E-state index is 0.122. The van der Waals surface area contributed by atoms with Gasteiger partial charge in [-0.1, -0.05) is 60.0 Å². The lowest BCUT2D eigenvalue weighted by Gasteiger charge is -2.39. The maximum Gasteiger partial charge on any atom is 0.224 e. The minimum Gasteiger partial charge on any atom is -0.466 e. The van der Waals surface area contributed by atoms with Gasteiger partial charge in [0.05, 0.1) is 17.0 Å². The number of carbonyl (C=O) groups is 1. The molecule has 4 nitrogen and oxygen atoms in total. The average molecular weight is 479 g/mol. The molecule has 3 aromatic rings. The third-order valence-corrected chi connectivity index (χ3v) is 6.86. The summed E-state index contributed by atoms with van der Waals surface area (Å²) >= 11 is 12.7. The molecule has 1 N–H and O–H groups in total. The van der Waals surface area contributed by atoms with Crippen molar-refractivity contribution in [1.82, 2.24) is 10.3 Å². The largest absolute Gasteiger partial charge is 0.466 e. The van der Waals surface area contributed by atoms with Crippen LogP contribution in [0.2, 0.25) is 10.0 Å². The van der Waals surface area contributed by atoms with Gasteiger partial charge in [-0.15, -0.1) is 0 Å². The van der Waals surface area contributed by atoms with Crippen molar-refractivity contribution in [3.05, 3.63) is 76.3 Å². The Balaban J connectivity index is 1.74. The molecule has 2 aliphatic rings. The van der Waals surface area contributed by atoms with Crippen molar-refractivity contribution in [2.45, 2.75) is 44.6 Å². The van der Waals surface area contributed by atoms with Crippen molar-refractivity contribution in [3.8, 4) is 28.3 Å². The molecule has 1 saturated carbocycles. The summed E-state index contributed by atoms with van der Waals surface area (Å²) in [6.07, 6.45) is 7.24. The van der Waals surface area contributed by atoms with Gasteiger partial charge in [0.25, 0.3) is 0 Å². The summed E-state index contributed by atoms with van der Waals surface area (Å²) in [5, 5.41) is 4.29. The van der Waals surface area contributed by atoms with E-state index in [0.29, 0.717) is 15.9 Å². The fourth-order valence-corrected chi connectivity index (χ4v) is 5.08. The number of hydrogen-bond donors (Lipinski definition) is 1. The van der Waals surface area contributed by atoms with Crippen LogP contribution in [0.3, 0.4) is 0 Å². The maximum absolute atomic E-state index is 12.1. The first kappa shape index (κ1) is 22.0. The lowest BCUT2D eigenvalue weighted by Crippen LogP contribution is -2.40. The Bertz CT molecular complexity index is 1250. The number of benzene rings is 2. The summed E-state index contributed by atoms with van der Waals surface area (Å²) in [6.45, 7) is 1.52. The number of aromatic nitrogens is 1. The van der Waals surface area contributed by atoms with Crippen molar-refractivity contribution < 1.29 is 9.53 Å². The van der Waals surface area contributed by atoms with E-state index < -0.39 is 5.60 Å². The molecule has 5 rings (SSSR count). The van der Waals surface area contributed by atoms with Gasteiger partial charge in [0, 0.05) is 28.1 Å². The molecule has 0 atom stereocenters. The average Bonchev–Trinajstić information content (AvgIpc) is 2.79. The Morgan fingerprint density at radius 3 is 2.39 bits per heavy atom. The molecule has 1 fully saturated rings. The molecule has 0 unspecified atom stereocenters. The van der Waals surface area contributed by atoms with Crippen LogP contribution in [0.15, 0.2) is 60.7 Å². The van der Waals surface area contributed by atoms with E-state index >= 15 is 0 Å². The zero-order chi connectivity index (χ0) is 23.0. The number of carbonyl (C=O) groups excluding carboxylic acids is 1. The first-order valence-corrected chi connectivity index (χ1v) is 12.0. The summed E-state index contributed by atoms with van der Waals surface area (Å²) in [6, 6.07) is 17.3. The van der Waals surface area contributed by atoms with Crippen molar-refractivity contribution in [2.24, 2.45) is 0 Å². The molecule has 1 aromatic heterocycles. The fraction of sp³-hybridized carbons (Fsp3) is 0.259. The Morgan fingerprint density at radius 1 is 0.970 bits per heavy atom. The predicted octanol–water partition coefficient (Wildman–Crippen LogP) is 7.29. The second kappa shape index (κ2) is 8.85. The van der Waals surface area contributed by atoms with Gasteiger partial charge < -0.3 is 10.1 Å². The number of pyridine rings is 1. The predicted molar refractivity (Wildman–Crippen MR) is 133 cm³/mol. The minimum atomic E-state index is -0.449. The monoisotopic (exact) mass is 478 g/mol. The molecule has 33 heavy (non-hydrogen) atoms. The third-order valence-electron chi connectivity index (χ3n) is 6.28. The van der Waals surface area contributed by atoms with E-state index in [1.165, 1.54) is 13.3 Å². The Morgan fingerprint density at radius 2 is 1.70 bits per heavy atom. The second-order valence-corrected chi connectivity index (χ2v) is 9.53. The molecule has 1 aliphatic carbocycles. The van der Waals surface area contributed by atoms with Crippen LogP contribution in [0, 0.1) is 0 Å². The van der Waals surface area contributed by atoms with Gasteiger partial charge in [0.15, 0.2) is 0 Å². The smallest absolute Gasteiger partial charge is 0.224 e. The van der Waals surface area contributed by atoms with E-state index in [1.54, 1.807) is 0 Å². The number of amides is 1. The highest BCUT2D eigenvalue weighted by molar-refractivity contribution is 6.33. The normalized spacial score (nSPS) is 16.5. The first-order valence-electron chi connectivity index (χ1n) is 11.2. The van der Waals surface area contributed by atoms with Crippen LogP contribution in [-0.2, 0) is 4.79 Å². The molecule has 6 heteroatoms. The number of rotatable bonds is 3. The number of halogens is 2. The molecule has 168 valence electrons. The molecule has 2 heterocycles. The van der Waals surface area contributed by atoms with Gasteiger partial charge >= 0.3 is 0 Å². The van der Waals surface area contributed by atoms with Crippen LogP contribution in [0.4, 0.5) is 0 Å². The highest BCUT2D eigenvalue weighted by atomic mass is 35.5. The lowest BCUT2D eigenvalue weighted by atomic mass is 9.82. The van der Waals surface area contributed by atoms with E-state index in [0.717, 1.165) is 59.3 Å². The third kappa shape index (κ3) is 4.38. The molecule has 2 aromatic carbocycles. The number of nitrogens with one attached hydrogen (secondary N) is 1. The summed E-state index contributed by atoms with van der Waals surface area (Å²) in [7, 11) is 0. The summed E-state index contributed by atoms with van der Waals surface area (Å²) < 4.78 is 6.58. The molecule has 0 radical (unpaired) electrons. The van der Waals surface area contributed by atoms with Crippen molar-refractivity contribution >= 4 is 34.8 Å². The maximum atomic E-state index is 12.1. The van der Waals surface area contributed by atoms with Crippen LogP contribution < -0.4 is 10.1 Å². The quantitative estimate of drug-likeness (QED) is 0.429. The highest BCUT2D eigenvalue weighted by Gasteiger charge is 2.38. The van der Waals surface area contributed by atoms with Crippen molar-refractivity contribution in [1.29, 1.82) is 0 Å². The van der Waals surface area contributed by atoms with Gasteiger partial charge in [-0.05, 0) is 61.6 Å². The standard InChI is InChI=1S/C27H24Cl2N2O2/c1-17(32)30-24-16-27(13-5-2-6-14-27)33-26-22(24)15-21(18-9-11-19(28)12-10-18)25(31-26)20-7-3-4-8-23(20)29/h3-4,7-12,15-16H,2,5-6,13-14H2,1H3,(H,30,32). The SMILES string of the molecule is CC(=O)NC1=CC2(CCCCC2)Oc2nc(-c3ccccc3Cl)c(-c3ccc(Cl)cc3)cc21. The number of nitrogens with zero attached hydrogens (tertiary/aromatic N) is 1. The van der Waals surface area contributed by atoms with Gasteiger partial charge in [-0.3, -0.25) is 4.79 Å². The van der Waals surface area contributed by atoms with E-state index in [2.05, 4.69) is 11.4 Å². The topological polar surface area (TPSA) is 51.2 Å². The van der Waals surface area contributed by atoms with Gasteiger partial charge in [-0.25, -0.2) is 4.98 Å². The molecule has 0 saturated heterocycles.